The lowest BCUT2D eigenvalue weighted by Gasteiger charge is -2.23. The second kappa shape index (κ2) is 3.51. The first-order valence-corrected chi connectivity index (χ1v) is 5.92. The van der Waals surface area contributed by atoms with Gasteiger partial charge in [-0.3, -0.25) is 0 Å². The van der Waals surface area contributed by atoms with Crippen LogP contribution in [-0.2, 0) is 5.41 Å². The fourth-order valence-corrected chi connectivity index (χ4v) is 2.47. The fourth-order valence-electron chi connectivity index (χ4n) is 1.86. The Labute approximate surface area is 97.4 Å². The molecule has 15 heavy (non-hydrogen) atoms. The van der Waals surface area contributed by atoms with E-state index >= 15 is 0 Å². The van der Waals surface area contributed by atoms with E-state index in [-0.39, 0.29) is 5.41 Å². The van der Waals surface area contributed by atoms with Crippen molar-refractivity contribution in [1.29, 1.82) is 0 Å². The molecule has 0 N–H and O–H groups in total. The zero-order chi connectivity index (χ0) is 11.2. The van der Waals surface area contributed by atoms with Crippen LogP contribution in [-0.4, -0.2) is 10.2 Å². The van der Waals surface area contributed by atoms with Gasteiger partial charge in [-0.15, -0.1) is 10.2 Å². The van der Waals surface area contributed by atoms with Crippen LogP contribution in [0.1, 0.15) is 50.7 Å². The summed E-state index contributed by atoms with van der Waals surface area (Å²) in [7, 11) is 0. The normalized spacial score (nSPS) is 16.9. The maximum Gasteiger partial charge on any atom is 0.237 e. The molecule has 0 saturated heterocycles. The molecule has 0 bridgehead atoms. The average Bonchev–Trinajstić information content (AvgIpc) is 2.89. The monoisotopic (exact) mass is 272 g/mol. The van der Waals surface area contributed by atoms with Crippen LogP contribution in [0.2, 0.25) is 0 Å². The van der Waals surface area contributed by atoms with E-state index in [1.54, 1.807) is 0 Å². The highest BCUT2D eigenvalue weighted by Crippen LogP contribution is 2.47. The van der Waals surface area contributed by atoms with E-state index < -0.39 is 5.95 Å². The predicted octanol–water partition coefficient (Wildman–Crippen LogP) is 3.55. The number of rotatable bonds is 1. The molecule has 0 aliphatic heterocycles. The lowest BCUT2D eigenvalue weighted by atomic mass is 9.84. The summed E-state index contributed by atoms with van der Waals surface area (Å²) >= 11 is 3.37. The van der Waals surface area contributed by atoms with Crippen LogP contribution < -0.4 is 0 Å². The second-order valence-electron chi connectivity index (χ2n) is 5.09. The second-order valence-corrected chi connectivity index (χ2v) is 5.85. The largest absolute Gasteiger partial charge is 0.237 e. The molecule has 1 aliphatic carbocycles. The topological polar surface area (TPSA) is 25.8 Å². The summed E-state index contributed by atoms with van der Waals surface area (Å²) in [6, 6.07) is 0. The van der Waals surface area contributed by atoms with Crippen LogP contribution in [0.25, 0.3) is 0 Å². The standard InChI is InChI=1S/C11H14BrFN2/c1-11(2,3)8-7(6-4-5-6)9(12)14-15-10(8)13/h6H,4-5H2,1-3H3. The fraction of sp³-hybridized carbons (Fsp3) is 0.636. The molecule has 1 aromatic rings. The SMILES string of the molecule is CC(C)(C)c1c(F)nnc(Br)c1C1CC1. The molecule has 0 aromatic carbocycles. The van der Waals surface area contributed by atoms with Gasteiger partial charge in [0.1, 0.15) is 4.60 Å². The van der Waals surface area contributed by atoms with Gasteiger partial charge in [-0.25, -0.2) is 0 Å². The van der Waals surface area contributed by atoms with E-state index in [9.17, 15) is 4.39 Å². The van der Waals surface area contributed by atoms with Gasteiger partial charge < -0.3 is 0 Å². The molecule has 0 radical (unpaired) electrons. The Balaban J connectivity index is 2.63. The summed E-state index contributed by atoms with van der Waals surface area (Å²) in [4.78, 5) is 0. The van der Waals surface area contributed by atoms with E-state index in [0.717, 1.165) is 18.4 Å². The summed E-state index contributed by atoms with van der Waals surface area (Å²) < 4.78 is 14.4. The van der Waals surface area contributed by atoms with Gasteiger partial charge in [-0.05, 0) is 45.7 Å². The summed E-state index contributed by atoms with van der Waals surface area (Å²) in [6.45, 7) is 6.02. The highest BCUT2D eigenvalue weighted by Gasteiger charge is 2.35. The van der Waals surface area contributed by atoms with Gasteiger partial charge in [-0.1, -0.05) is 20.8 Å². The van der Waals surface area contributed by atoms with Crippen molar-refractivity contribution in [3.8, 4) is 0 Å². The molecule has 1 heterocycles. The first-order chi connectivity index (χ1) is 6.91. The quantitative estimate of drug-likeness (QED) is 0.782. The predicted molar refractivity (Wildman–Crippen MR) is 60.4 cm³/mol. The van der Waals surface area contributed by atoms with Gasteiger partial charge in [0.25, 0.3) is 0 Å². The van der Waals surface area contributed by atoms with Gasteiger partial charge in [0.2, 0.25) is 5.95 Å². The van der Waals surface area contributed by atoms with Gasteiger partial charge in [-0.2, -0.15) is 4.39 Å². The van der Waals surface area contributed by atoms with Crippen LogP contribution in [0.4, 0.5) is 4.39 Å². The van der Waals surface area contributed by atoms with Crippen LogP contribution >= 0.6 is 15.9 Å². The molecular formula is C11H14BrFN2. The molecule has 0 atom stereocenters. The molecule has 0 spiro atoms. The lowest BCUT2D eigenvalue weighted by Crippen LogP contribution is -2.19. The van der Waals surface area contributed by atoms with Crippen molar-refractivity contribution >= 4 is 15.9 Å². The minimum absolute atomic E-state index is 0.222. The van der Waals surface area contributed by atoms with Crippen molar-refractivity contribution in [2.75, 3.05) is 0 Å². The third kappa shape index (κ3) is 2.05. The number of nitrogens with zero attached hydrogens (tertiary/aromatic N) is 2. The Hall–Kier alpha value is -0.510. The van der Waals surface area contributed by atoms with Crippen molar-refractivity contribution in [2.24, 2.45) is 0 Å². The van der Waals surface area contributed by atoms with Crippen LogP contribution in [0.3, 0.4) is 0 Å². The molecule has 82 valence electrons. The number of halogens is 2. The van der Waals surface area contributed by atoms with E-state index in [0.29, 0.717) is 16.1 Å². The molecular weight excluding hydrogens is 259 g/mol. The van der Waals surface area contributed by atoms with Crippen LogP contribution in [0.5, 0.6) is 0 Å². The molecule has 0 unspecified atom stereocenters. The zero-order valence-corrected chi connectivity index (χ0v) is 10.7. The molecule has 1 aromatic heterocycles. The first-order valence-electron chi connectivity index (χ1n) is 5.13. The van der Waals surface area contributed by atoms with Gasteiger partial charge in [0.15, 0.2) is 0 Å². The third-order valence-electron chi connectivity index (χ3n) is 2.66. The molecule has 1 saturated carbocycles. The van der Waals surface area contributed by atoms with Gasteiger partial charge in [0.05, 0.1) is 0 Å². The summed E-state index contributed by atoms with van der Waals surface area (Å²) in [6.07, 6.45) is 2.26. The van der Waals surface area contributed by atoms with E-state index in [1.807, 2.05) is 20.8 Å². The number of hydrogen-bond donors (Lipinski definition) is 0. The molecule has 2 rings (SSSR count). The Morgan fingerprint density at radius 2 is 1.87 bits per heavy atom. The van der Waals surface area contributed by atoms with E-state index in [2.05, 4.69) is 26.1 Å². The van der Waals surface area contributed by atoms with E-state index in [4.69, 9.17) is 0 Å². The van der Waals surface area contributed by atoms with Gasteiger partial charge >= 0.3 is 0 Å². The molecule has 1 aliphatic rings. The lowest BCUT2D eigenvalue weighted by molar-refractivity contribution is 0.478. The Kier molecular flexibility index (Phi) is 2.57. The molecule has 1 fully saturated rings. The van der Waals surface area contributed by atoms with Crippen molar-refractivity contribution in [3.63, 3.8) is 0 Å². The zero-order valence-electron chi connectivity index (χ0n) is 9.14. The maximum atomic E-state index is 13.7. The smallest absolute Gasteiger partial charge is 0.183 e. The first kappa shape index (κ1) is 11.0. The van der Waals surface area contributed by atoms with Crippen LogP contribution in [0, 0.1) is 5.95 Å². The van der Waals surface area contributed by atoms with Crippen LogP contribution in [0.15, 0.2) is 4.60 Å². The summed E-state index contributed by atoms with van der Waals surface area (Å²) in [5.41, 5.74) is 1.52. The number of aromatic nitrogens is 2. The Morgan fingerprint density at radius 1 is 1.27 bits per heavy atom. The maximum absolute atomic E-state index is 13.7. The molecule has 4 heteroatoms. The third-order valence-corrected chi connectivity index (χ3v) is 3.24. The van der Waals surface area contributed by atoms with Crippen molar-refractivity contribution in [3.05, 3.63) is 21.7 Å². The van der Waals surface area contributed by atoms with Gasteiger partial charge in [0, 0.05) is 5.56 Å². The highest BCUT2D eigenvalue weighted by atomic mass is 79.9. The van der Waals surface area contributed by atoms with Crippen molar-refractivity contribution < 1.29 is 4.39 Å². The highest BCUT2D eigenvalue weighted by molar-refractivity contribution is 9.10. The summed E-state index contributed by atoms with van der Waals surface area (Å²) in [5.74, 6) is 0.0474. The number of hydrogen-bond acceptors (Lipinski definition) is 2. The van der Waals surface area contributed by atoms with Crippen molar-refractivity contribution in [1.82, 2.24) is 10.2 Å². The Bertz CT molecular complexity index is 394. The van der Waals surface area contributed by atoms with Crippen molar-refractivity contribution in [2.45, 2.75) is 44.9 Å². The Morgan fingerprint density at radius 3 is 2.33 bits per heavy atom. The minimum Gasteiger partial charge on any atom is -0.183 e. The molecule has 2 nitrogen and oxygen atoms in total. The molecule has 0 amide bonds. The average molecular weight is 273 g/mol. The minimum atomic E-state index is -0.424. The summed E-state index contributed by atoms with van der Waals surface area (Å²) in [5, 5.41) is 7.36. The van der Waals surface area contributed by atoms with E-state index in [1.165, 1.54) is 0 Å².